The molecule has 122 valence electrons. The van der Waals surface area contributed by atoms with Crippen LogP contribution in [0.25, 0.3) is 0 Å². The summed E-state index contributed by atoms with van der Waals surface area (Å²) in [6, 6.07) is 7.82. The summed E-state index contributed by atoms with van der Waals surface area (Å²) in [7, 11) is 0. The number of carbonyl (C=O) groups is 1. The third-order valence-corrected chi connectivity index (χ3v) is 4.06. The van der Waals surface area contributed by atoms with Gasteiger partial charge in [-0.1, -0.05) is 57.6 Å². The van der Waals surface area contributed by atoms with Gasteiger partial charge < -0.3 is 9.47 Å². The smallest absolute Gasteiger partial charge is 0.338 e. The van der Waals surface area contributed by atoms with Crippen molar-refractivity contribution in [2.45, 2.75) is 64.4 Å². The van der Waals surface area contributed by atoms with Crippen LogP contribution in [0.5, 0.6) is 0 Å². The third-order valence-electron chi connectivity index (χ3n) is 4.06. The van der Waals surface area contributed by atoms with Crippen molar-refractivity contribution in [3.63, 3.8) is 0 Å². The Bertz CT molecular complexity index is 434. The molecule has 0 aliphatic carbocycles. The summed E-state index contributed by atoms with van der Waals surface area (Å²) in [5.74, 6) is -0.252. The van der Waals surface area contributed by atoms with Crippen molar-refractivity contribution in [3.05, 3.63) is 35.4 Å². The van der Waals surface area contributed by atoms with Crippen molar-refractivity contribution in [1.82, 2.24) is 0 Å². The van der Waals surface area contributed by atoms with E-state index in [9.17, 15) is 4.79 Å². The van der Waals surface area contributed by atoms with Gasteiger partial charge in [0.25, 0.3) is 0 Å². The van der Waals surface area contributed by atoms with E-state index >= 15 is 0 Å². The Kier molecular flexibility index (Phi) is 7.44. The Balaban J connectivity index is 1.60. The summed E-state index contributed by atoms with van der Waals surface area (Å²) in [5.41, 5.74) is 1.93. The van der Waals surface area contributed by atoms with Crippen LogP contribution in [-0.4, -0.2) is 25.3 Å². The number of ether oxygens (including phenoxy) is 2. The lowest BCUT2D eigenvalue weighted by molar-refractivity contribution is 0.0476. The molecule has 22 heavy (non-hydrogen) atoms. The molecule has 2 rings (SSSR count). The highest BCUT2D eigenvalue weighted by molar-refractivity contribution is 5.89. The number of aryl methyl sites for hydroxylation is 1. The van der Waals surface area contributed by atoms with Crippen LogP contribution in [0.1, 0.15) is 67.8 Å². The summed E-state index contributed by atoms with van der Waals surface area (Å²) in [5, 5.41) is 0. The highest BCUT2D eigenvalue weighted by Gasteiger charge is 2.24. The van der Waals surface area contributed by atoms with E-state index in [-0.39, 0.29) is 12.1 Å². The van der Waals surface area contributed by atoms with E-state index in [4.69, 9.17) is 9.47 Å². The molecule has 0 radical (unpaired) electrons. The van der Waals surface area contributed by atoms with Gasteiger partial charge >= 0.3 is 5.97 Å². The summed E-state index contributed by atoms with van der Waals surface area (Å²) in [6.45, 7) is 3.34. The Hall–Kier alpha value is -1.35. The van der Waals surface area contributed by atoms with E-state index in [1.54, 1.807) is 0 Å². The first-order valence-electron chi connectivity index (χ1n) is 8.67. The molecule has 1 aromatic carbocycles. The first kappa shape index (κ1) is 17.0. The zero-order valence-electron chi connectivity index (χ0n) is 13.7. The molecular formula is C19H28O3. The van der Waals surface area contributed by atoms with Gasteiger partial charge in [-0.3, -0.25) is 0 Å². The predicted octanol–water partition coefficient (Wildman–Crippen LogP) is 4.54. The molecule has 0 saturated carbocycles. The highest BCUT2D eigenvalue weighted by Crippen LogP contribution is 2.13. The minimum Gasteiger partial charge on any atom is -0.459 e. The monoisotopic (exact) mass is 304 g/mol. The van der Waals surface area contributed by atoms with E-state index in [1.165, 1.54) is 50.5 Å². The number of benzene rings is 1. The number of epoxide rings is 1. The van der Waals surface area contributed by atoms with E-state index in [2.05, 4.69) is 6.92 Å². The molecule has 0 N–H and O–H groups in total. The molecule has 0 amide bonds. The van der Waals surface area contributed by atoms with Crippen LogP contribution in [0.3, 0.4) is 0 Å². The Labute approximate surface area is 134 Å². The highest BCUT2D eigenvalue weighted by atomic mass is 16.6. The molecule has 3 nitrogen and oxygen atoms in total. The molecule has 1 aromatic rings. The summed E-state index contributed by atoms with van der Waals surface area (Å²) in [6.07, 6.45) is 10.5. The van der Waals surface area contributed by atoms with Gasteiger partial charge in [0.1, 0.15) is 12.7 Å². The Morgan fingerprint density at radius 3 is 2.36 bits per heavy atom. The zero-order valence-corrected chi connectivity index (χ0v) is 13.7. The zero-order chi connectivity index (χ0) is 15.6. The van der Waals surface area contributed by atoms with Crippen LogP contribution in [0.4, 0.5) is 0 Å². The van der Waals surface area contributed by atoms with Crippen LogP contribution in [0.15, 0.2) is 24.3 Å². The van der Waals surface area contributed by atoms with Gasteiger partial charge in [0.15, 0.2) is 0 Å². The van der Waals surface area contributed by atoms with Crippen LogP contribution in [-0.2, 0) is 15.9 Å². The first-order chi connectivity index (χ1) is 10.8. The maximum Gasteiger partial charge on any atom is 0.338 e. The molecule has 1 unspecified atom stereocenters. The fourth-order valence-corrected chi connectivity index (χ4v) is 2.51. The molecule has 1 saturated heterocycles. The minimum absolute atomic E-state index is 0.126. The SMILES string of the molecule is CCCCCCCCCc1ccc(C(=O)OCC2CO2)cc1. The Morgan fingerprint density at radius 2 is 1.73 bits per heavy atom. The van der Waals surface area contributed by atoms with Crippen molar-refractivity contribution < 1.29 is 14.3 Å². The molecule has 3 heteroatoms. The lowest BCUT2D eigenvalue weighted by Crippen LogP contribution is -2.09. The summed E-state index contributed by atoms with van der Waals surface area (Å²) >= 11 is 0. The average molecular weight is 304 g/mol. The van der Waals surface area contributed by atoms with Gasteiger partial charge in [0.05, 0.1) is 12.2 Å². The molecule has 1 fully saturated rings. The van der Waals surface area contributed by atoms with Crippen LogP contribution in [0, 0.1) is 0 Å². The van der Waals surface area contributed by atoms with Crippen molar-refractivity contribution in [3.8, 4) is 0 Å². The second kappa shape index (κ2) is 9.62. The quantitative estimate of drug-likeness (QED) is 0.342. The molecule has 1 atom stereocenters. The number of esters is 1. The normalized spacial score (nSPS) is 16.5. The van der Waals surface area contributed by atoms with E-state index in [1.807, 2.05) is 24.3 Å². The topological polar surface area (TPSA) is 38.8 Å². The molecule has 1 heterocycles. The van der Waals surface area contributed by atoms with E-state index in [0.717, 1.165) is 6.42 Å². The molecule has 0 aromatic heterocycles. The second-order valence-electron chi connectivity index (χ2n) is 6.12. The maximum absolute atomic E-state index is 11.8. The van der Waals surface area contributed by atoms with Gasteiger partial charge in [-0.15, -0.1) is 0 Å². The number of unbranched alkanes of at least 4 members (excludes halogenated alkanes) is 6. The summed E-state index contributed by atoms with van der Waals surface area (Å²) in [4.78, 5) is 11.8. The minimum atomic E-state index is -0.252. The number of hydrogen-bond donors (Lipinski definition) is 0. The van der Waals surface area contributed by atoms with E-state index in [0.29, 0.717) is 18.8 Å². The van der Waals surface area contributed by atoms with Gasteiger partial charge in [-0.05, 0) is 30.5 Å². The fraction of sp³-hybridized carbons (Fsp3) is 0.632. The van der Waals surface area contributed by atoms with Crippen molar-refractivity contribution in [2.24, 2.45) is 0 Å². The molecule has 0 spiro atoms. The predicted molar refractivity (Wildman–Crippen MR) is 88.2 cm³/mol. The van der Waals surface area contributed by atoms with Crippen molar-refractivity contribution >= 4 is 5.97 Å². The molecule has 1 aliphatic heterocycles. The van der Waals surface area contributed by atoms with Crippen LogP contribution < -0.4 is 0 Å². The fourth-order valence-electron chi connectivity index (χ4n) is 2.51. The Morgan fingerprint density at radius 1 is 1.09 bits per heavy atom. The second-order valence-corrected chi connectivity index (χ2v) is 6.12. The van der Waals surface area contributed by atoms with Crippen molar-refractivity contribution in [1.29, 1.82) is 0 Å². The standard InChI is InChI=1S/C19H28O3/c1-2-3-4-5-6-7-8-9-16-10-12-17(13-11-16)19(20)22-15-18-14-21-18/h10-13,18H,2-9,14-15H2,1H3. The summed E-state index contributed by atoms with van der Waals surface area (Å²) < 4.78 is 10.2. The van der Waals surface area contributed by atoms with Crippen molar-refractivity contribution in [2.75, 3.05) is 13.2 Å². The molecule has 1 aliphatic rings. The van der Waals surface area contributed by atoms with Gasteiger partial charge in [-0.2, -0.15) is 0 Å². The number of rotatable bonds is 11. The van der Waals surface area contributed by atoms with Gasteiger partial charge in [0.2, 0.25) is 0 Å². The number of hydrogen-bond acceptors (Lipinski definition) is 3. The van der Waals surface area contributed by atoms with Crippen LogP contribution in [0.2, 0.25) is 0 Å². The average Bonchev–Trinajstić information content (AvgIpc) is 3.37. The maximum atomic E-state index is 11.8. The van der Waals surface area contributed by atoms with E-state index < -0.39 is 0 Å². The number of carbonyl (C=O) groups excluding carboxylic acids is 1. The van der Waals surface area contributed by atoms with Gasteiger partial charge in [-0.25, -0.2) is 4.79 Å². The largest absolute Gasteiger partial charge is 0.459 e. The third kappa shape index (κ3) is 6.61. The lowest BCUT2D eigenvalue weighted by atomic mass is 10.0. The molecular weight excluding hydrogens is 276 g/mol. The van der Waals surface area contributed by atoms with Gasteiger partial charge in [0, 0.05) is 0 Å². The lowest BCUT2D eigenvalue weighted by Gasteiger charge is -2.05. The van der Waals surface area contributed by atoms with Crippen LogP contribution >= 0.6 is 0 Å². The first-order valence-corrected chi connectivity index (χ1v) is 8.67. The molecule has 0 bridgehead atoms.